The molecule has 0 aliphatic heterocycles. The third-order valence-corrected chi connectivity index (χ3v) is 5.72. The van der Waals surface area contributed by atoms with Gasteiger partial charge in [-0.15, -0.1) is 11.3 Å². The standard InChI is InChI=1S/C20H16N4O3S/c1-24-10-9-16(23-24)20(26)27-13-7-5-12(6-8-13)18(25)22-19-15(11-21)14-3-2-4-17(14)28-19/h5-10H,2-4H2,1H3,(H,22,25). The first-order valence-electron chi connectivity index (χ1n) is 8.73. The van der Waals surface area contributed by atoms with Crippen molar-refractivity contribution < 1.29 is 14.3 Å². The first-order valence-corrected chi connectivity index (χ1v) is 9.54. The topological polar surface area (TPSA) is 97.0 Å². The Morgan fingerprint density at radius 1 is 1.25 bits per heavy atom. The van der Waals surface area contributed by atoms with Crippen molar-refractivity contribution in [3.05, 3.63) is 63.8 Å². The van der Waals surface area contributed by atoms with Gasteiger partial charge in [0.25, 0.3) is 5.91 Å². The Morgan fingerprint density at radius 3 is 2.71 bits per heavy atom. The normalized spacial score (nSPS) is 12.3. The molecule has 0 radical (unpaired) electrons. The molecule has 0 spiro atoms. The minimum absolute atomic E-state index is 0.207. The molecule has 1 N–H and O–H groups in total. The number of nitriles is 1. The number of ether oxygens (including phenoxy) is 1. The number of nitrogens with one attached hydrogen (secondary N) is 1. The SMILES string of the molecule is Cn1ccc(C(=O)Oc2ccc(C(=O)Nc3sc4c(c3C#N)CCC4)cc2)n1. The number of aromatic nitrogens is 2. The van der Waals surface area contributed by atoms with Crippen molar-refractivity contribution in [2.75, 3.05) is 5.32 Å². The first-order chi connectivity index (χ1) is 13.5. The summed E-state index contributed by atoms with van der Waals surface area (Å²) in [6.45, 7) is 0. The third kappa shape index (κ3) is 3.40. The van der Waals surface area contributed by atoms with Gasteiger partial charge in [-0.3, -0.25) is 9.48 Å². The summed E-state index contributed by atoms with van der Waals surface area (Å²) in [7, 11) is 1.71. The molecule has 3 aromatic rings. The number of carbonyl (C=O) groups is 2. The summed E-state index contributed by atoms with van der Waals surface area (Å²) in [6.07, 6.45) is 4.56. The summed E-state index contributed by atoms with van der Waals surface area (Å²) in [5, 5.41) is 16.8. The number of rotatable bonds is 4. The fourth-order valence-corrected chi connectivity index (χ4v) is 4.38. The van der Waals surface area contributed by atoms with Crippen LogP contribution < -0.4 is 10.1 Å². The molecule has 1 aromatic carbocycles. The lowest BCUT2D eigenvalue weighted by molar-refractivity contribution is 0.0727. The Balaban J connectivity index is 1.45. The second kappa shape index (κ2) is 7.29. The average molecular weight is 392 g/mol. The summed E-state index contributed by atoms with van der Waals surface area (Å²) in [6, 6.07) is 10.0. The van der Waals surface area contributed by atoms with E-state index >= 15 is 0 Å². The van der Waals surface area contributed by atoms with Crippen LogP contribution in [-0.4, -0.2) is 21.7 Å². The van der Waals surface area contributed by atoms with Gasteiger partial charge in [-0.1, -0.05) is 0 Å². The number of aryl methyl sites for hydroxylation is 2. The molecule has 0 saturated carbocycles. The number of anilines is 1. The molecule has 2 aromatic heterocycles. The number of benzene rings is 1. The molecule has 0 saturated heterocycles. The average Bonchev–Trinajstić information content (AvgIpc) is 3.38. The number of hydrogen-bond acceptors (Lipinski definition) is 6. The van der Waals surface area contributed by atoms with Crippen LogP contribution in [0.5, 0.6) is 5.75 Å². The number of amides is 1. The number of nitrogens with zero attached hydrogens (tertiary/aromatic N) is 3. The fourth-order valence-electron chi connectivity index (χ4n) is 3.14. The molecular weight excluding hydrogens is 376 g/mol. The molecule has 1 amide bonds. The van der Waals surface area contributed by atoms with Gasteiger partial charge in [0.1, 0.15) is 16.8 Å². The fraction of sp³-hybridized carbons (Fsp3) is 0.200. The van der Waals surface area contributed by atoms with Gasteiger partial charge in [-0.05, 0) is 55.2 Å². The zero-order valence-electron chi connectivity index (χ0n) is 15.1. The second-order valence-corrected chi connectivity index (χ2v) is 7.52. The van der Waals surface area contributed by atoms with E-state index in [0.29, 0.717) is 21.9 Å². The Kier molecular flexibility index (Phi) is 4.67. The van der Waals surface area contributed by atoms with Crippen LogP contribution in [0.4, 0.5) is 5.00 Å². The zero-order valence-corrected chi connectivity index (χ0v) is 15.9. The molecule has 8 heteroatoms. The number of carbonyl (C=O) groups excluding carboxylic acids is 2. The van der Waals surface area contributed by atoms with Gasteiger partial charge in [0, 0.05) is 23.7 Å². The Bertz CT molecular complexity index is 1110. The van der Waals surface area contributed by atoms with E-state index < -0.39 is 5.97 Å². The summed E-state index contributed by atoms with van der Waals surface area (Å²) < 4.78 is 6.77. The van der Waals surface area contributed by atoms with Crippen LogP contribution >= 0.6 is 11.3 Å². The molecule has 28 heavy (non-hydrogen) atoms. The van der Waals surface area contributed by atoms with Crippen LogP contribution in [0.3, 0.4) is 0 Å². The van der Waals surface area contributed by atoms with Gasteiger partial charge >= 0.3 is 5.97 Å². The van der Waals surface area contributed by atoms with Gasteiger partial charge in [0.2, 0.25) is 0 Å². The zero-order chi connectivity index (χ0) is 19.7. The quantitative estimate of drug-likeness (QED) is 0.543. The smallest absolute Gasteiger partial charge is 0.364 e. The van der Waals surface area contributed by atoms with E-state index in [1.165, 1.54) is 20.9 Å². The maximum absolute atomic E-state index is 12.5. The van der Waals surface area contributed by atoms with Crippen molar-refractivity contribution in [1.29, 1.82) is 5.26 Å². The summed E-state index contributed by atoms with van der Waals surface area (Å²) in [5.41, 5.74) is 2.26. The monoisotopic (exact) mass is 392 g/mol. The van der Waals surface area contributed by atoms with E-state index in [9.17, 15) is 14.9 Å². The number of fused-ring (bicyclic) bond motifs is 1. The molecule has 140 valence electrons. The highest BCUT2D eigenvalue weighted by Gasteiger charge is 2.23. The predicted molar refractivity (Wildman–Crippen MR) is 104 cm³/mol. The van der Waals surface area contributed by atoms with Gasteiger partial charge in [0.05, 0.1) is 5.56 Å². The van der Waals surface area contributed by atoms with Crippen molar-refractivity contribution in [2.24, 2.45) is 7.05 Å². The minimum atomic E-state index is -0.565. The third-order valence-electron chi connectivity index (χ3n) is 4.51. The second-order valence-electron chi connectivity index (χ2n) is 6.42. The molecule has 1 aliphatic rings. The number of thiophene rings is 1. The molecular formula is C20H16N4O3S. The highest BCUT2D eigenvalue weighted by Crippen LogP contribution is 2.38. The maximum atomic E-state index is 12.5. The Labute approximate surface area is 165 Å². The summed E-state index contributed by atoms with van der Waals surface area (Å²) in [4.78, 5) is 25.7. The van der Waals surface area contributed by atoms with Gasteiger partial charge in [-0.25, -0.2) is 4.79 Å². The molecule has 2 heterocycles. The van der Waals surface area contributed by atoms with E-state index in [1.807, 2.05) is 0 Å². The number of esters is 1. The molecule has 0 unspecified atom stereocenters. The Hall–Kier alpha value is -3.44. The van der Waals surface area contributed by atoms with Crippen LogP contribution in [0, 0.1) is 11.3 Å². The lowest BCUT2D eigenvalue weighted by Gasteiger charge is -2.06. The van der Waals surface area contributed by atoms with E-state index in [4.69, 9.17) is 4.74 Å². The van der Waals surface area contributed by atoms with Gasteiger partial charge in [0.15, 0.2) is 5.69 Å². The van der Waals surface area contributed by atoms with Crippen molar-refractivity contribution in [3.63, 3.8) is 0 Å². The Morgan fingerprint density at radius 2 is 2.04 bits per heavy atom. The van der Waals surface area contributed by atoms with E-state index in [1.54, 1.807) is 43.6 Å². The molecule has 7 nitrogen and oxygen atoms in total. The maximum Gasteiger partial charge on any atom is 0.364 e. The van der Waals surface area contributed by atoms with Crippen LogP contribution in [0.25, 0.3) is 0 Å². The van der Waals surface area contributed by atoms with Crippen LogP contribution in [0.2, 0.25) is 0 Å². The molecule has 0 fully saturated rings. The molecule has 1 aliphatic carbocycles. The molecule has 0 bridgehead atoms. The largest absolute Gasteiger partial charge is 0.422 e. The summed E-state index contributed by atoms with van der Waals surface area (Å²) in [5.74, 6) is -0.552. The van der Waals surface area contributed by atoms with Crippen molar-refractivity contribution in [3.8, 4) is 11.8 Å². The summed E-state index contributed by atoms with van der Waals surface area (Å²) >= 11 is 1.47. The van der Waals surface area contributed by atoms with E-state index in [2.05, 4.69) is 16.5 Å². The van der Waals surface area contributed by atoms with Gasteiger partial charge < -0.3 is 10.1 Å². The van der Waals surface area contributed by atoms with Gasteiger partial charge in [-0.2, -0.15) is 10.4 Å². The minimum Gasteiger partial charge on any atom is -0.422 e. The first kappa shape index (κ1) is 17.9. The van der Waals surface area contributed by atoms with Crippen LogP contribution in [0.15, 0.2) is 36.5 Å². The lowest BCUT2D eigenvalue weighted by Crippen LogP contribution is -2.12. The highest BCUT2D eigenvalue weighted by atomic mass is 32.1. The van der Waals surface area contributed by atoms with Crippen molar-refractivity contribution >= 4 is 28.2 Å². The predicted octanol–water partition coefficient (Wildman–Crippen LogP) is 3.31. The van der Waals surface area contributed by atoms with Crippen molar-refractivity contribution in [1.82, 2.24) is 9.78 Å². The highest BCUT2D eigenvalue weighted by molar-refractivity contribution is 7.16. The van der Waals surface area contributed by atoms with Crippen LogP contribution in [0.1, 0.15) is 43.3 Å². The molecule has 4 rings (SSSR count). The lowest BCUT2D eigenvalue weighted by atomic mass is 10.1. The molecule has 0 atom stereocenters. The van der Waals surface area contributed by atoms with E-state index in [-0.39, 0.29) is 11.6 Å². The van der Waals surface area contributed by atoms with Crippen molar-refractivity contribution in [2.45, 2.75) is 19.3 Å². The number of hydrogen-bond donors (Lipinski definition) is 1. The van der Waals surface area contributed by atoms with E-state index in [0.717, 1.165) is 24.8 Å². The van der Waals surface area contributed by atoms with Crippen LogP contribution in [-0.2, 0) is 19.9 Å².